The molecule has 1 heterocycles. The Morgan fingerprint density at radius 1 is 1.25 bits per heavy atom. The number of morpholine rings is 1. The van der Waals surface area contributed by atoms with Crippen LogP contribution >= 0.6 is 0 Å². The van der Waals surface area contributed by atoms with Gasteiger partial charge in [0.15, 0.2) is 0 Å². The van der Waals surface area contributed by atoms with Crippen LogP contribution in [0.4, 0.5) is 0 Å². The molecule has 0 spiro atoms. The average molecular weight is 356 g/mol. The molecule has 2 rings (SSSR count). The highest BCUT2D eigenvalue weighted by molar-refractivity contribution is 7.87. The summed E-state index contributed by atoms with van der Waals surface area (Å²) in [5.41, 5.74) is 2.32. The molecular formula is C17H29N3O3S. The van der Waals surface area contributed by atoms with Crippen molar-refractivity contribution in [1.29, 1.82) is 0 Å². The van der Waals surface area contributed by atoms with Crippen LogP contribution in [0.15, 0.2) is 24.3 Å². The van der Waals surface area contributed by atoms with E-state index in [1.54, 1.807) is 0 Å². The summed E-state index contributed by atoms with van der Waals surface area (Å²) in [6.07, 6.45) is 0. The van der Waals surface area contributed by atoms with E-state index in [4.69, 9.17) is 4.74 Å². The summed E-state index contributed by atoms with van der Waals surface area (Å²) >= 11 is 0. The molecule has 1 aromatic carbocycles. The van der Waals surface area contributed by atoms with Gasteiger partial charge in [-0.15, -0.1) is 0 Å². The zero-order valence-electron chi connectivity index (χ0n) is 14.9. The second kappa shape index (κ2) is 8.92. The van der Waals surface area contributed by atoms with Gasteiger partial charge in [-0.25, -0.2) is 4.72 Å². The van der Waals surface area contributed by atoms with Gasteiger partial charge in [-0.05, 0) is 12.5 Å². The van der Waals surface area contributed by atoms with Crippen LogP contribution in [-0.4, -0.2) is 63.6 Å². The Bertz CT molecular complexity index is 611. The molecule has 0 bridgehead atoms. The molecule has 1 atom stereocenters. The van der Waals surface area contributed by atoms with Gasteiger partial charge in [0.25, 0.3) is 10.2 Å². The van der Waals surface area contributed by atoms with Crippen LogP contribution in [0.3, 0.4) is 0 Å². The van der Waals surface area contributed by atoms with Gasteiger partial charge in [0.05, 0.1) is 13.2 Å². The first-order valence-corrected chi connectivity index (χ1v) is 10.0. The molecule has 0 aliphatic carbocycles. The third kappa shape index (κ3) is 5.00. The molecule has 136 valence electrons. The van der Waals surface area contributed by atoms with Crippen LogP contribution < -0.4 is 4.72 Å². The lowest BCUT2D eigenvalue weighted by Gasteiger charge is -2.35. The minimum atomic E-state index is -3.45. The summed E-state index contributed by atoms with van der Waals surface area (Å²) < 4.78 is 34.6. The van der Waals surface area contributed by atoms with Gasteiger partial charge in [-0.2, -0.15) is 12.7 Å². The SMILES string of the molecule is CCN(CC)S(=O)(=O)NC[C@H](c1cccc(C)c1)N1CCOCC1. The van der Waals surface area contributed by atoms with E-state index >= 15 is 0 Å². The molecule has 1 aliphatic rings. The van der Waals surface area contributed by atoms with Gasteiger partial charge >= 0.3 is 0 Å². The summed E-state index contributed by atoms with van der Waals surface area (Å²) in [5, 5.41) is 0. The molecule has 1 aromatic rings. The van der Waals surface area contributed by atoms with Gasteiger partial charge in [0, 0.05) is 38.8 Å². The fourth-order valence-electron chi connectivity index (χ4n) is 3.06. The molecule has 1 N–H and O–H groups in total. The quantitative estimate of drug-likeness (QED) is 0.768. The Balaban J connectivity index is 2.17. The standard InChI is InChI=1S/C17H29N3O3S/c1-4-20(5-2)24(21,22)18-14-17(19-9-11-23-12-10-19)16-8-6-7-15(3)13-16/h6-8,13,17-18H,4-5,9-12,14H2,1-3H3/t17-/m1/s1. The Morgan fingerprint density at radius 2 is 1.92 bits per heavy atom. The lowest BCUT2D eigenvalue weighted by molar-refractivity contribution is 0.0171. The minimum Gasteiger partial charge on any atom is -0.379 e. The zero-order valence-corrected chi connectivity index (χ0v) is 15.7. The van der Waals surface area contributed by atoms with Crippen molar-refractivity contribution in [2.45, 2.75) is 26.8 Å². The number of ether oxygens (including phenoxy) is 1. The van der Waals surface area contributed by atoms with Gasteiger partial charge in [-0.1, -0.05) is 43.7 Å². The lowest BCUT2D eigenvalue weighted by Crippen LogP contribution is -2.47. The molecule has 0 aromatic heterocycles. The smallest absolute Gasteiger partial charge is 0.279 e. The van der Waals surface area contributed by atoms with Crippen molar-refractivity contribution in [3.05, 3.63) is 35.4 Å². The van der Waals surface area contributed by atoms with Crippen molar-refractivity contribution in [2.75, 3.05) is 45.9 Å². The fourth-order valence-corrected chi connectivity index (χ4v) is 4.29. The molecule has 1 fully saturated rings. The number of nitrogens with one attached hydrogen (secondary N) is 1. The van der Waals surface area contributed by atoms with Crippen molar-refractivity contribution in [1.82, 2.24) is 13.9 Å². The molecule has 0 amide bonds. The molecular weight excluding hydrogens is 326 g/mol. The van der Waals surface area contributed by atoms with E-state index in [0.717, 1.165) is 18.7 Å². The van der Waals surface area contributed by atoms with E-state index in [1.165, 1.54) is 9.87 Å². The molecule has 0 radical (unpaired) electrons. The van der Waals surface area contributed by atoms with Gasteiger partial charge in [-0.3, -0.25) is 4.90 Å². The minimum absolute atomic E-state index is 0.0131. The predicted octanol–water partition coefficient (Wildman–Crippen LogP) is 1.54. The highest BCUT2D eigenvalue weighted by atomic mass is 32.2. The summed E-state index contributed by atoms with van der Waals surface area (Å²) in [5.74, 6) is 0. The Hall–Kier alpha value is -0.990. The van der Waals surface area contributed by atoms with Crippen molar-refractivity contribution >= 4 is 10.2 Å². The van der Waals surface area contributed by atoms with Crippen LogP contribution in [0, 0.1) is 6.92 Å². The largest absolute Gasteiger partial charge is 0.379 e. The summed E-state index contributed by atoms with van der Waals surface area (Å²) in [4.78, 5) is 2.29. The molecule has 1 saturated heterocycles. The first-order valence-electron chi connectivity index (χ1n) is 8.61. The maximum absolute atomic E-state index is 12.4. The summed E-state index contributed by atoms with van der Waals surface area (Å²) in [6, 6.07) is 8.29. The number of benzene rings is 1. The van der Waals surface area contributed by atoms with E-state index in [1.807, 2.05) is 19.9 Å². The third-order valence-corrected chi connectivity index (χ3v) is 6.15. The van der Waals surface area contributed by atoms with Crippen molar-refractivity contribution in [3.63, 3.8) is 0 Å². The van der Waals surface area contributed by atoms with E-state index in [0.29, 0.717) is 32.8 Å². The maximum Gasteiger partial charge on any atom is 0.279 e. The molecule has 0 unspecified atom stereocenters. The van der Waals surface area contributed by atoms with Crippen molar-refractivity contribution in [3.8, 4) is 0 Å². The maximum atomic E-state index is 12.4. The third-order valence-electron chi connectivity index (χ3n) is 4.42. The fraction of sp³-hybridized carbons (Fsp3) is 0.647. The van der Waals surface area contributed by atoms with Gasteiger partial charge in [0.2, 0.25) is 0 Å². The molecule has 6 nitrogen and oxygen atoms in total. The lowest BCUT2D eigenvalue weighted by atomic mass is 10.0. The Labute approximate surface area is 146 Å². The van der Waals surface area contributed by atoms with E-state index in [2.05, 4.69) is 34.7 Å². The van der Waals surface area contributed by atoms with Crippen molar-refractivity contribution < 1.29 is 13.2 Å². The molecule has 0 saturated carbocycles. The van der Waals surface area contributed by atoms with Crippen LogP contribution in [-0.2, 0) is 14.9 Å². The Morgan fingerprint density at radius 3 is 2.50 bits per heavy atom. The monoisotopic (exact) mass is 355 g/mol. The predicted molar refractivity (Wildman–Crippen MR) is 96.2 cm³/mol. The molecule has 24 heavy (non-hydrogen) atoms. The second-order valence-corrected chi connectivity index (χ2v) is 7.77. The summed E-state index contributed by atoms with van der Waals surface area (Å²) in [6.45, 7) is 10.1. The van der Waals surface area contributed by atoms with Crippen LogP contribution in [0.2, 0.25) is 0 Å². The zero-order chi connectivity index (χ0) is 17.6. The summed E-state index contributed by atoms with van der Waals surface area (Å²) in [7, 11) is -3.45. The molecule has 7 heteroatoms. The van der Waals surface area contributed by atoms with Crippen LogP contribution in [0.5, 0.6) is 0 Å². The number of hydrogen-bond donors (Lipinski definition) is 1. The first-order chi connectivity index (χ1) is 11.5. The number of hydrogen-bond acceptors (Lipinski definition) is 4. The second-order valence-electron chi connectivity index (χ2n) is 6.02. The van der Waals surface area contributed by atoms with E-state index in [9.17, 15) is 8.42 Å². The normalized spacial score (nSPS) is 18.0. The highest BCUT2D eigenvalue weighted by Crippen LogP contribution is 2.22. The number of nitrogens with zero attached hydrogens (tertiary/aromatic N) is 2. The Kier molecular flexibility index (Phi) is 7.18. The molecule has 1 aliphatic heterocycles. The van der Waals surface area contributed by atoms with Crippen LogP contribution in [0.1, 0.15) is 31.0 Å². The topological polar surface area (TPSA) is 61.9 Å². The van der Waals surface area contributed by atoms with E-state index < -0.39 is 10.2 Å². The van der Waals surface area contributed by atoms with E-state index in [-0.39, 0.29) is 6.04 Å². The van der Waals surface area contributed by atoms with Crippen molar-refractivity contribution in [2.24, 2.45) is 0 Å². The van der Waals surface area contributed by atoms with Gasteiger partial charge < -0.3 is 4.74 Å². The number of rotatable bonds is 8. The van der Waals surface area contributed by atoms with Crippen LogP contribution in [0.25, 0.3) is 0 Å². The number of aryl methyl sites for hydroxylation is 1. The van der Waals surface area contributed by atoms with Gasteiger partial charge in [0.1, 0.15) is 0 Å². The average Bonchev–Trinajstić information content (AvgIpc) is 2.57. The highest BCUT2D eigenvalue weighted by Gasteiger charge is 2.26. The first kappa shape index (κ1) is 19.3.